The summed E-state index contributed by atoms with van der Waals surface area (Å²) in [5.41, 5.74) is 0.845. The van der Waals surface area contributed by atoms with Gasteiger partial charge in [0.2, 0.25) is 5.91 Å². The topological polar surface area (TPSA) is 20.3 Å². The smallest absolute Gasteiger partial charge is 0.226 e. The molecule has 0 fully saturated rings. The van der Waals surface area contributed by atoms with E-state index >= 15 is 0 Å². The first-order chi connectivity index (χ1) is 7.63. The summed E-state index contributed by atoms with van der Waals surface area (Å²) in [6.45, 7) is 0.741. The number of amides is 1. The quantitative estimate of drug-likeness (QED) is 0.763. The molecule has 0 heterocycles. The Morgan fingerprint density at radius 3 is 2.56 bits per heavy atom. The first-order valence-corrected chi connectivity index (χ1v) is 6.30. The fraction of sp³-hybridized carbons (Fsp3) is 0.417. The van der Waals surface area contributed by atoms with Gasteiger partial charge < -0.3 is 4.90 Å². The maximum absolute atomic E-state index is 12.6. The van der Waals surface area contributed by atoms with E-state index in [1.807, 2.05) is 0 Å². The van der Waals surface area contributed by atoms with Crippen molar-refractivity contribution < 1.29 is 9.18 Å². The molecule has 0 aliphatic carbocycles. The van der Waals surface area contributed by atoms with E-state index in [9.17, 15) is 9.18 Å². The van der Waals surface area contributed by atoms with Crippen LogP contribution >= 0.6 is 15.9 Å². The molecule has 0 bridgehead atoms. The summed E-state index contributed by atoms with van der Waals surface area (Å²) in [6.07, 6.45) is 1.27. The van der Waals surface area contributed by atoms with Gasteiger partial charge in [0.05, 0.1) is 6.42 Å². The number of halogens is 2. The maximum atomic E-state index is 12.6. The van der Waals surface area contributed by atoms with Crippen molar-refractivity contribution in [3.63, 3.8) is 0 Å². The van der Waals surface area contributed by atoms with Gasteiger partial charge in [-0.1, -0.05) is 28.1 Å². The van der Waals surface area contributed by atoms with E-state index in [4.69, 9.17) is 0 Å². The summed E-state index contributed by atoms with van der Waals surface area (Å²) in [5.74, 6) is -0.212. The van der Waals surface area contributed by atoms with Crippen LogP contribution in [0.3, 0.4) is 0 Å². The number of carbonyl (C=O) groups excluding carboxylic acids is 1. The lowest BCUT2D eigenvalue weighted by molar-refractivity contribution is -0.129. The van der Waals surface area contributed by atoms with Crippen molar-refractivity contribution in [1.29, 1.82) is 0 Å². The van der Waals surface area contributed by atoms with Crippen LogP contribution < -0.4 is 0 Å². The van der Waals surface area contributed by atoms with Gasteiger partial charge in [-0.2, -0.15) is 0 Å². The van der Waals surface area contributed by atoms with Crippen LogP contribution in [-0.4, -0.2) is 29.7 Å². The molecule has 4 heteroatoms. The second kappa shape index (κ2) is 6.63. The molecule has 0 aliphatic heterocycles. The highest BCUT2D eigenvalue weighted by atomic mass is 79.9. The zero-order valence-corrected chi connectivity index (χ0v) is 10.8. The lowest BCUT2D eigenvalue weighted by Crippen LogP contribution is -2.29. The summed E-state index contributed by atoms with van der Waals surface area (Å²) in [6, 6.07) is 6.04. The summed E-state index contributed by atoms with van der Waals surface area (Å²) in [5, 5.41) is 0.890. The average molecular weight is 288 g/mol. The highest BCUT2D eigenvalue weighted by Crippen LogP contribution is 2.05. The summed E-state index contributed by atoms with van der Waals surface area (Å²) >= 11 is 3.32. The minimum atomic E-state index is -0.274. The first kappa shape index (κ1) is 13.2. The summed E-state index contributed by atoms with van der Waals surface area (Å²) in [4.78, 5) is 13.4. The predicted molar refractivity (Wildman–Crippen MR) is 66.2 cm³/mol. The molecule has 0 aromatic heterocycles. The Bertz CT molecular complexity index is 339. The van der Waals surface area contributed by atoms with Crippen LogP contribution in [0, 0.1) is 5.82 Å². The third-order valence-electron chi connectivity index (χ3n) is 2.32. The van der Waals surface area contributed by atoms with E-state index in [0.29, 0.717) is 6.42 Å². The van der Waals surface area contributed by atoms with Gasteiger partial charge in [0.25, 0.3) is 0 Å². The molecule has 0 atom stereocenters. The molecule has 1 rings (SSSR count). The molecule has 1 aromatic rings. The van der Waals surface area contributed by atoms with Crippen molar-refractivity contribution in [3.05, 3.63) is 35.6 Å². The standard InChI is InChI=1S/C12H15BrFNO/c1-15(8-2-7-13)12(16)9-10-3-5-11(14)6-4-10/h3-6H,2,7-9H2,1H3. The lowest BCUT2D eigenvalue weighted by Gasteiger charge is -2.16. The Morgan fingerprint density at radius 1 is 1.38 bits per heavy atom. The van der Waals surface area contributed by atoms with Crippen molar-refractivity contribution in [2.75, 3.05) is 18.9 Å². The Hall–Kier alpha value is -0.900. The van der Waals surface area contributed by atoms with Gasteiger partial charge in [-0.3, -0.25) is 4.79 Å². The van der Waals surface area contributed by atoms with Crippen molar-refractivity contribution >= 4 is 21.8 Å². The molecule has 2 nitrogen and oxygen atoms in total. The molecule has 88 valence electrons. The van der Waals surface area contributed by atoms with E-state index in [2.05, 4.69) is 15.9 Å². The number of likely N-dealkylation sites (N-methyl/N-ethyl adjacent to an activating group) is 1. The van der Waals surface area contributed by atoms with Crippen LogP contribution in [0.5, 0.6) is 0 Å². The molecule has 1 amide bonds. The molecule has 1 aromatic carbocycles. The fourth-order valence-corrected chi connectivity index (χ4v) is 1.58. The van der Waals surface area contributed by atoms with Crippen molar-refractivity contribution in [2.45, 2.75) is 12.8 Å². The van der Waals surface area contributed by atoms with Crippen molar-refractivity contribution in [2.24, 2.45) is 0 Å². The Morgan fingerprint density at radius 2 is 2.00 bits per heavy atom. The van der Waals surface area contributed by atoms with Gasteiger partial charge in [0.1, 0.15) is 5.82 Å². The highest BCUT2D eigenvalue weighted by molar-refractivity contribution is 9.09. The maximum Gasteiger partial charge on any atom is 0.226 e. The van der Waals surface area contributed by atoms with Crippen LogP contribution in [0.2, 0.25) is 0 Å². The predicted octanol–water partition coefficient (Wildman–Crippen LogP) is 2.61. The Labute approximate surface area is 104 Å². The van der Waals surface area contributed by atoms with E-state index < -0.39 is 0 Å². The number of benzene rings is 1. The molecule has 0 spiro atoms. The van der Waals surface area contributed by atoms with Crippen LogP contribution in [0.4, 0.5) is 4.39 Å². The molecule has 16 heavy (non-hydrogen) atoms. The molecule has 0 radical (unpaired) electrons. The molecule has 0 unspecified atom stereocenters. The summed E-state index contributed by atoms with van der Waals surface area (Å²) in [7, 11) is 1.79. The molecular weight excluding hydrogens is 273 g/mol. The third kappa shape index (κ3) is 4.31. The number of nitrogens with zero attached hydrogens (tertiary/aromatic N) is 1. The molecule has 0 saturated carbocycles. The lowest BCUT2D eigenvalue weighted by atomic mass is 10.1. The number of rotatable bonds is 5. The second-order valence-electron chi connectivity index (χ2n) is 3.66. The van der Waals surface area contributed by atoms with Gasteiger partial charge in [0, 0.05) is 18.9 Å². The van der Waals surface area contributed by atoms with E-state index in [0.717, 1.165) is 23.9 Å². The Balaban J connectivity index is 2.47. The van der Waals surface area contributed by atoms with Crippen molar-refractivity contribution in [1.82, 2.24) is 4.90 Å². The number of hydrogen-bond donors (Lipinski definition) is 0. The van der Waals surface area contributed by atoms with Gasteiger partial charge in [-0.05, 0) is 24.1 Å². The number of alkyl halides is 1. The van der Waals surface area contributed by atoms with Crippen LogP contribution in [-0.2, 0) is 11.2 Å². The second-order valence-corrected chi connectivity index (χ2v) is 4.45. The third-order valence-corrected chi connectivity index (χ3v) is 2.88. The van der Waals surface area contributed by atoms with Crippen LogP contribution in [0.15, 0.2) is 24.3 Å². The minimum absolute atomic E-state index is 0.0626. The van der Waals surface area contributed by atoms with Gasteiger partial charge in [-0.25, -0.2) is 4.39 Å². The average Bonchev–Trinajstić information content (AvgIpc) is 2.29. The largest absolute Gasteiger partial charge is 0.345 e. The number of carbonyl (C=O) groups is 1. The fourth-order valence-electron chi connectivity index (χ4n) is 1.33. The van der Waals surface area contributed by atoms with Crippen LogP contribution in [0.25, 0.3) is 0 Å². The first-order valence-electron chi connectivity index (χ1n) is 5.18. The van der Waals surface area contributed by atoms with Crippen molar-refractivity contribution in [3.8, 4) is 0 Å². The van der Waals surface area contributed by atoms with E-state index in [1.54, 1.807) is 24.1 Å². The number of hydrogen-bond acceptors (Lipinski definition) is 1. The monoisotopic (exact) mass is 287 g/mol. The van der Waals surface area contributed by atoms with Gasteiger partial charge in [0.15, 0.2) is 0 Å². The molecule has 0 aliphatic rings. The zero-order chi connectivity index (χ0) is 12.0. The molecule has 0 N–H and O–H groups in total. The Kier molecular flexibility index (Phi) is 5.46. The van der Waals surface area contributed by atoms with Crippen LogP contribution in [0.1, 0.15) is 12.0 Å². The van der Waals surface area contributed by atoms with E-state index in [1.165, 1.54) is 12.1 Å². The molecule has 0 saturated heterocycles. The zero-order valence-electron chi connectivity index (χ0n) is 9.25. The SMILES string of the molecule is CN(CCCBr)C(=O)Cc1ccc(F)cc1. The van der Waals surface area contributed by atoms with Gasteiger partial charge >= 0.3 is 0 Å². The normalized spacial score (nSPS) is 10.2. The summed E-state index contributed by atoms with van der Waals surface area (Å²) < 4.78 is 12.6. The van der Waals surface area contributed by atoms with E-state index in [-0.39, 0.29) is 11.7 Å². The molecular formula is C12H15BrFNO. The highest BCUT2D eigenvalue weighted by Gasteiger charge is 2.08. The van der Waals surface area contributed by atoms with Gasteiger partial charge in [-0.15, -0.1) is 0 Å². The minimum Gasteiger partial charge on any atom is -0.345 e.